The van der Waals surface area contributed by atoms with Crippen molar-refractivity contribution in [2.75, 3.05) is 39.5 Å². The number of rotatable bonds is 6. The molecule has 16 heavy (non-hydrogen) atoms. The molecule has 1 rings (SSSR count). The predicted octanol–water partition coefficient (Wildman–Crippen LogP) is -0.0108. The maximum Gasteiger partial charge on any atom is 0.248 e. The van der Waals surface area contributed by atoms with Gasteiger partial charge in [0.05, 0.1) is 12.7 Å². The van der Waals surface area contributed by atoms with Crippen LogP contribution in [0.25, 0.3) is 0 Å². The minimum absolute atomic E-state index is 0.0544. The summed E-state index contributed by atoms with van der Waals surface area (Å²) in [6, 6.07) is 0. The van der Waals surface area contributed by atoms with Gasteiger partial charge >= 0.3 is 0 Å². The SMILES string of the molecule is CCCOCC(=O)N1CCOC(CCN)C1. The summed E-state index contributed by atoms with van der Waals surface area (Å²) < 4.78 is 10.7. The maximum atomic E-state index is 11.7. The monoisotopic (exact) mass is 230 g/mol. The van der Waals surface area contributed by atoms with E-state index in [2.05, 4.69) is 0 Å². The van der Waals surface area contributed by atoms with Crippen molar-refractivity contribution in [3.63, 3.8) is 0 Å². The number of hydrogen-bond acceptors (Lipinski definition) is 4. The van der Waals surface area contributed by atoms with Gasteiger partial charge in [0.1, 0.15) is 6.61 Å². The lowest BCUT2D eigenvalue weighted by atomic mass is 10.2. The van der Waals surface area contributed by atoms with E-state index in [0.29, 0.717) is 32.8 Å². The molecular formula is C11H22N2O3. The quantitative estimate of drug-likeness (QED) is 0.652. The predicted molar refractivity (Wildman–Crippen MR) is 61.1 cm³/mol. The zero-order chi connectivity index (χ0) is 11.8. The van der Waals surface area contributed by atoms with Crippen molar-refractivity contribution in [2.24, 2.45) is 5.73 Å². The minimum Gasteiger partial charge on any atom is -0.374 e. The van der Waals surface area contributed by atoms with Crippen molar-refractivity contribution < 1.29 is 14.3 Å². The molecular weight excluding hydrogens is 208 g/mol. The number of ether oxygens (including phenoxy) is 2. The van der Waals surface area contributed by atoms with E-state index in [1.54, 1.807) is 4.90 Å². The molecule has 5 heteroatoms. The van der Waals surface area contributed by atoms with Crippen LogP contribution in [0.3, 0.4) is 0 Å². The Kier molecular flexibility index (Phi) is 6.37. The fourth-order valence-electron chi connectivity index (χ4n) is 1.70. The van der Waals surface area contributed by atoms with E-state index in [1.807, 2.05) is 6.92 Å². The smallest absolute Gasteiger partial charge is 0.248 e. The molecule has 0 radical (unpaired) electrons. The fraction of sp³-hybridized carbons (Fsp3) is 0.909. The van der Waals surface area contributed by atoms with E-state index in [4.69, 9.17) is 15.2 Å². The molecule has 0 aromatic carbocycles. The molecule has 1 fully saturated rings. The zero-order valence-electron chi connectivity index (χ0n) is 9.98. The first-order valence-corrected chi connectivity index (χ1v) is 5.95. The van der Waals surface area contributed by atoms with Crippen molar-refractivity contribution in [1.29, 1.82) is 0 Å². The van der Waals surface area contributed by atoms with Gasteiger partial charge in [0, 0.05) is 19.7 Å². The van der Waals surface area contributed by atoms with Gasteiger partial charge in [-0.05, 0) is 19.4 Å². The van der Waals surface area contributed by atoms with Crippen LogP contribution in [0.2, 0.25) is 0 Å². The van der Waals surface area contributed by atoms with Crippen molar-refractivity contribution in [3.05, 3.63) is 0 Å². The Hall–Kier alpha value is -0.650. The average molecular weight is 230 g/mol. The third-order valence-electron chi connectivity index (χ3n) is 2.55. The number of amides is 1. The van der Waals surface area contributed by atoms with Crippen LogP contribution in [-0.4, -0.2) is 56.4 Å². The van der Waals surface area contributed by atoms with Gasteiger partial charge in [-0.3, -0.25) is 4.79 Å². The van der Waals surface area contributed by atoms with Crippen LogP contribution in [0.15, 0.2) is 0 Å². The summed E-state index contributed by atoms with van der Waals surface area (Å²) in [7, 11) is 0. The lowest BCUT2D eigenvalue weighted by molar-refractivity contribution is -0.143. The van der Waals surface area contributed by atoms with Crippen LogP contribution in [0, 0.1) is 0 Å². The van der Waals surface area contributed by atoms with Crippen LogP contribution >= 0.6 is 0 Å². The molecule has 1 heterocycles. The van der Waals surface area contributed by atoms with Gasteiger partial charge in [-0.1, -0.05) is 6.92 Å². The van der Waals surface area contributed by atoms with Gasteiger partial charge in [0.2, 0.25) is 5.91 Å². The van der Waals surface area contributed by atoms with Crippen LogP contribution in [-0.2, 0) is 14.3 Å². The van der Waals surface area contributed by atoms with Crippen molar-refractivity contribution >= 4 is 5.91 Å². The Labute approximate surface area is 96.9 Å². The highest BCUT2D eigenvalue weighted by Crippen LogP contribution is 2.08. The second-order valence-corrected chi connectivity index (χ2v) is 3.96. The van der Waals surface area contributed by atoms with Crippen LogP contribution in [0.1, 0.15) is 19.8 Å². The number of carbonyl (C=O) groups excluding carboxylic acids is 1. The fourth-order valence-corrected chi connectivity index (χ4v) is 1.70. The second kappa shape index (κ2) is 7.60. The molecule has 0 aromatic rings. The molecule has 0 spiro atoms. The molecule has 2 N–H and O–H groups in total. The highest BCUT2D eigenvalue weighted by atomic mass is 16.5. The second-order valence-electron chi connectivity index (χ2n) is 3.96. The number of nitrogens with zero attached hydrogens (tertiary/aromatic N) is 1. The molecule has 1 atom stereocenters. The van der Waals surface area contributed by atoms with E-state index in [1.165, 1.54) is 0 Å². The van der Waals surface area contributed by atoms with Gasteiger partial charge in [-0.2, -0.15) is 0 Å². The number of carbonyl (C=O) groups is 1. The topological polar surface area (TPSA) is 64.8 Å². The average Bonchev–Trinajstić information content (AvgIpc) is 2.30. The summed E-state index contributed by atoms with van der Waals surface area (Å²) in [5, 5.41) is 0. The van der Waals surface area contributed by atoms with Crippen molar-refractivity contribution in [1.82, 2.24) is 4.90 Å². The summed E-state index contributed by atoms with van der Waals surface area (Å²) in [5.41, 5.74) is 5.47. The highest BCUT2D eigenvalue weighted by molar-refractivity contribution is 5.77. The molecule has 5 nitrogen and oxygen atoms in total. The maximum absolute atomic E-state index is 11.7. The van der Waals surface area contributed by atoms with Gasteiger partial charge < -0.3 is 20.1 Å². The van der Waals surface area contributed by atoms with Gasteiger partial charge in [-0.15, -0.1) is 0 Å². The number of morpholine rings is 1. The first-order chi connectivity index (χ1) is 7.77. The zero-order valence-corrected chi connectivity index (χ0v) is 9.98. The molecule has 0 saturated carbocycles. The summed E-state index contributed by atoms with van der Waals surface area (Å²) in [5.74, 6) is 0.0544. The molecule has 1 unspecified atom stereocenters. The van der Waals surface area contributed by atoms with Crippen LogP contribution in [0.4, 0.5) is 0 Å². The van der Waals surface area contributed by atoms with E-state index >= 15 is 0 Å². The number of hydrogen-bond donors (Lipinski definition) is 1. The third kappa shape index (κ3) is 4.47. The third-order valence-corrected chi connectivity index (χ3v) is 2.55. The van der Waals surface area contributed by atoms with Gasteiger partial charge in [0.15, 0.2) is 0 Å². The van der Waals surface area contributed by atoms with E-state index < -0.39 is 0 Å². The molecule has 1 saturated heterocycles. The van der Waals surface area contributed by atoms with E-state index in [-0.39, 0.29) is 18.6 Å². The molecule has 0 bridgehead atoms. The molecule has 94 valence electrons. The van der Waals surface area contributed by atoms with Crippen molar-refractivity contribution in [2.45, 2.75) is 25.9 Å². The van der Waals surface area contributed by atoms with E-state index in [0.717, 1.165) is 12.8 Å². The first kappa shape index (κ1) is 13.4. The first-order valence-electron chi connectivity index (χ1n) is 5.95. The standard InChI is InChI=1S/C11H22N2O3/c1-2-6-15-9-11(14)13-5-7-16-10(8-13)3-4-12/h10H,2-9,12H2,1H3. The summed E-state index contributed by atoms with van der Waals surface area (Å²) >= 11 is 0. The summed E-state index contributed by atoms with van der Waals surface area (Å²) in [4.78, 5) is 13.5. The Bertz CT molecular complexity index is 209. The lowest BCUT2D eigenvalue weighted by Crippen LogP contribution is -2.47. The normalized spacial score (nSPS) is 21.1. The van der Waals surface area contributed by atoms with Gasteiger partial charge in [-0.25, -0.2) is 0 Å². The summed E-state index contributed by atoms with van der Waals surface area (Å²) in [6.07, 6.45) is 1.83. The Morgan fingerprint density at radius 1 is 1.62 bits per heavy atom. The van der Waals surface area contributed by atoms with E-state index in [9.17, 15) is 4.79 Å². The van der Waals surface area contributed by atoms with Crippen LogP contribution in [0.5, 0.6) is 0 Å². The van der Waals surface area contributed by atoms with Gasteiger partial charge in [0.25, 0.3) is 0 Å². The largest absolute Gasteiger partial charge is 0.374 e. The Morgan fingerprint density at radius 3 is 3.12 bits per heavy atom. The molecule has 1 amide bonds. The molecule has 1 aliphatic heterocycles. The molecule has 0 aliphatic carbocycles. The Morgan fingerprint density at radius 2 is 2.44 bits per heavy atom. The minimum atomic E-state index is 0.0544. The molecule has 1 aliphatic rings. The highest BCUT2D eigenvalue weighted by Gasteiger charge is 2.23. The Balaban J connectivity index is 2.26. The van der Waals surface area contributed by atoms with Crippen LogP contribution < -0.4 is 5.73 Å². The number of nitrogens with two attached hydrogens (primary N) is 1. The summed E-state index contributed by atoms with van der Waals surface area (Å²) in [6.45, 7) is 5.35. The molecule has 0 aromatic heterocycles. The lowest BCUT2D eigenvalue weighted by Gasteiger charge is -2.32. The van der Waals surface area contributed by atoms with Crippen molar-refractivity contribution in [3.8, 4) is 0 Å².